The molecule has 8 heteroatoms. The third-order valence-electron chi connectivity index (χ3n) is 3.70. The summed E-state index contributed by atoms with van der Waals surface area (Å²) in [5.41, 5.74) is 0. The number of hydrogen-bond donors (Lipinski definition) is 2. The Morgan fingerprint density at radius 2 is 2.27 bits per heavy atom. The van der Waals surface area contributed by atoms with Crippen molar-refractivity contribution in [3.05, 3.63) is 17.0 Å². The van der Waals surface area contributed by atoms with Gasteiger partial charge in [0.15, 0.2) is 0 Å². The van der Waals surface area contributed by atoms with E-state index in [2.05, 4.69) is 5.32 Å². The van der Waals surface area contributed by atoms with Crippen molar-refractivity contribution < 1.29 is 18.3 Å². The Kier molecular flexibility index (Phi) is 5.96. The summed E-state index contributed by atoms with van der Waals surface area (Å²) < 4.78 is 27.0. The molecule has 6 nitrogen and oxygen atoms in total. The molecule has 0 saturated carbocycles. The molecule has 2 heterocycles. The lowest BCUT2D eigenvalue weighted by Gasteiger charge is -2.30. The minimum atomic E-state index is -3.50. The Morgan fingerprint density at radius 3 is 2.91 bits per heavy atom. The number of sulfonamides is 1. The van der Waals surface area contributed by atoms with Crippen molar-refractivity contribution in [2.24, 2.45) is 5.92 Å². The predicted octanol–water partition coefficient (Wildman–Crippen LogP) is 0.956. The average molecular weight is 346 g/mol. The van der Waals surface area contributed by atoms with Crippen LogP contribution in [-0.4, -0.2) is 50.0 Å². The van der Waals surface area contributed by atoms with Gasteiger partial charge >= 0.3 is 0 Å². The van der Waals surface area contributed by atoms with Crippen molar-refractivity contribution >= 4 is 27.3 Å². The van der Waals surface area contributed by atoms with E-state index in [0.29, 0.717) is 36.6 Å². The molecule has 1 unspecified atom stereocenters. The summed E-state index contributed by atoms with van der Waals surface area (Å²) in [5.74, 6) is -0.445. The Labute approximate surface area is 135 Å². The van der Waals surface area contributed by atoms with Crippen LogP contribution in [0.2, 0.25) is 0 Å². The van der Waals surface area contributed by atoms with Gasteiger partial charge in [-0.1, -0.05) is 0 Å². The van der Waals surface area contributed by atoms with Crippen LogP contribution in [0.15, 0.2) is 16.3 Å². The summed E-state index contributed by atoms with van der Waals surface area (Å²) in [6.07, 6.45) is 1.89. The number of carbonyl (C=O) groups is 1. The van der Waals surface area contributed by atoms with Crippen LogP contribution in [0.3, 0.4) is 0 Å². The standard InChI is InChI=1S/C14H22N2O4S2/c1-11-5-6-13(21-11)22(19,20)16-8-2-4-12(10-16)14(18)15-7-3-9-17/h5-6,12,17H,2-4,7-10H2,1H3,(H,15,18). The molecule has 1 atom stereocenters. The highest BCUT2D eigenvalue weighted by Gasteiger charge is 2.33. The highest BCUT2D eigenvalue weighted by Crippen LogP contribution is 2.28. The fourth-order valence-electron chi connectivity index (χ4n) is 2.49. The number of carbonyl (C=O) groups excluding carboxylic acids is 1. The second kappa shape index (κ2) is 7.54. The molecule has 2 rings (SSSR count). The van der Waals surface area contributed by atoms with E-state index in [1.165, 1.54) is 15.6 Å². The smallest absolute Gasteiger partial charge is 0.252 e. The number of aryl methyl sites for hydroxylation is 1. The lowest BCUT2D eigenvalue weighted by atomic mass is 9.99. The van der Waals surface area contributed by atoms with Crippen molar-refractivity contribution in [1.82, 2.24) is 9.62 Å². The normalized spacial score (nSPS) is 20.0. The van der Waals surface area contributed by atoms with E-state index < -0.39 is 10.0 Å². The van der Waals surface area contributed by atoms with Crippen LogP contribution in [0.4, 0.5) is 0 Å². The molecule has 0 radical (unpaired) electrons. The molecule has 0 bridgehead atoms. The quantitative estimate of drug-likeness (QED) is 0.751. The molecule has 1 fully saturated rings. The molecule has 1 amide bonds. The number of piperidine rings is 1. The van der Waals surface area contributed by atoms with Crippen molar-refractivity contribution in [3.63, 3.8) is 0 Å². The van der Waals surface area contributed by atoms with Gasteiger partial charge in [-0.25, -0.2) is 8.42 Å². The van der Waals surface area contributed by atoms with E-state index in [1.54, 1.807) is 12.1 Å². The zero-order chi connectivity index (χ0) is 16.2. The second-order valence-electron chi connectivity index (χ2n) is 5.44. The number of thiophene rings is 1. The van der Waals surface area contributed by atoms with Crippen LogP contribution in [0.25, 0.3) is 0 Å². The molecule has 1 aromatic heterocycles. The molecule has 1 aliphatic rings. The molecule has 0 aliphatic carbocycles. The fraction of sp³-hybridized carbons (Fsp3) is 0.643. The zero-order valence-corrected chi connectivity index (χ0v) is 14.3. The highest BCUT2D eigenvalue weighted by molar-refractivity contribution is 7.91. The van der Waals surface area contributed by atoms with Crippen molar-refractivity contribution in [1.29, 1.82) is 0 Å². The topological polar surface area (TPSA) is 86.7 Å². The van der Waals surface area contributed by atoms with Crippen LogP contribution in [0.5, 0.6) is 0 Å². The molecule has 0 spiro atoms. The van der Waals surface area contributed by atoms with Gasteiger partial charge in [-0.2, -0.15) is 4.31 Å². The third-order valence-corrected chi connectivity index (χ3v) is 7.03. The van der Waals surface area contributed by atoms with Gasteiger partial charge in [-0.15, -0.1) is 11.3 Å². The lowest BCUT2D eigenvalue weighted by Crippen LogP contribution is -2.45. The third kappa shape index (κ3) is 4.07. The number of nitrogens with one attached hydrogen (secondary N) is 1. The highest BCUT2D eigenvalue weighted by atomic mass is 32.2. The Morgan fingerprint density at radius 1 is 1.50 bits per heavy atom. The van der Waals surface area contributed by atoms with E-state index in [9.17, 15) is 13.2 Å². The predicted molar refractivity (Wildman–Crippen MR) is 85.3 cm³/mol. The number of rotatable bonds is 6. The van der Waals surface area contributed by atoms with Gasteiger partial charge in [0.1, 0.15) is 4.21 Å². The largest absolute Gasteiger partial charge is 0.396 e. The van der Waals surface area contributed by atoms with Crippen molar-refractivity contribution in [2.45, 2.75) is 30.4 Å². The summed E-state index contributed by atoms with van der Waals surface area (Å²) >= 11 is 1.26. The van der Waals surface area contributed by atoms with Gasteiger partial charge < -0.3 is 10.4 Å². The first-order valence-electron chi connectivity index (χ1n) is 7.40. The van der Waals surface area contributed by atoms with E-state index >= 15 is 0 Å². The summed E-state index contributed by atoms with van der Waals surface area (Å²) in [6.45, 7) is 3.01. The van der Waals surface area contributed by atoms with Gasteiger partial charge in [0.2, 0.25) is 5.91 Å². The summed E-state index contributed by atoms with van der Waals surface area (Å²) in [5, 5.41) is 11.5. The lowest BCUT2D eigenvalue weighted by molar-refractivity contribution is -0.126. The number of aliphatic hydroxyl groups is 1. The minimum Gasteiger partial charge on any atom is -0.396 e. The van der Waals surface area contributed by atoms with Crippen LogP contribution in [0, 0.1) is 12.8 Å². The van der Waals surface area contributed by atoms with E-state index in [4.69, 9.17) is 5.11 Å². The minimum absolute atomic E-state index is 0.0309. The maximum absolute atomic E-state index is 12.6. The summed E-state index contributed by atoms with van der Waals surface area (Å²) in [4.78, 5) is 13.0. The van der Waals surface area contributed by atoms with Gasteiger partial charge in [0, 0.05) is 31.1 Å². The van der Waals surface area contributed by atoms with Gasteiger partial charge in [0.05, 0.1) is 5.92 Å². The Balaban J connectivity index is 2.02. The van der Waals surface area contributed by atoms with Gasteiger partial charge in [-0.3, -0.25) is 4.79 Å². The molecular formula is C14H22N2O4S2. The SMILES string of the molecule is Cc1ccc(S(=O)(=O)N2CCCC(C(=O)NCCCO)C2)s1. The summed E-state index contributed by atoms with van der Waals surface area (Å²) in [7, 11) is -3.50. The fourth-order valence-corrected chi connectivity index (χ4v) is 5.45. The monoisotopic (exact) mass is 346 g/mol. The first-order valence-corrected chi connectivity index (χ1v) is 9.66. The van der Waals surface area contributed by atoms with Crippen LogP contribution in [-0.2, 0) is 14.8 Å². The first kappa shape index (κ1) is 17.4. The van der Waals surface area contributed by atoms with Crippen LogP contribution < -0.4 is 5.32 Å². The van der Waals surface area contributed by atoms with Gasteiger partial charge in [0.25, 0.3) is 10.0 Å². The molecule has 1 aliphatic heterocycles. The molecule has 124 valence electrons. The molecule has 2 N–H and O–H groups in total. The second-order valence-corrected chi connectivity index (χ2v) is 8.89. The molecule has 1 aromatic rings. The Hall–Kier alpha value is -0.960. The zero-order valence-electron chi connectivity index (χ0n) is 12.6. The van der Waals surface area contributed by atoms with Crippen LogP contribution >= 0.6 is 11.3 Å². The molecule has 22 heavy (non-hydrogen) atoms. The first-order chi connectivity index (χ1) is 10.4. The Bertz CT molecular complexity index is 612. The van der Waals surface area contributed by atoms with E-state index in [-0.39, 0.29) is 25.0 Å². The number of aliphatic hydroxyl groups excluding tert-OH is 1. The van der Waals surface area contributed by atoms with Crippen molar-refractivity contribution in [2.75, 3.05) is 26.2 Å². The number of nitrogens with zero attached hydrogens (tertiary/aromatic N) is 1. The van der Waals surface area contributed by atoms with E-state index in [1.807, 2.05) is 6.92 Å². The summed E-state index contributed by atoms with van der Waals surface area (Å²) in [6, 6.07) is 3.42. The number of amides is 1. The molecule has 1 saturated heterocycles. The maximum atomic E-state index is 12.6. The van der Waals surface area contributed by atoms with Crippen LogP contribution in [0.1, 0.15) is 24.1 Å². The number of hydrogen-bond acceptors (Lipinski definition) is 5. The molecule has 0 aromatic carbocycles. The van der Waals surface area contributed by atoms with Crippen molar-refractivity contribution in [3.8, 4) is 0 Å². The average Bonchev–Trinajstić information content (AvgIpc) is 2.95. The maximum Gasteiger partial charge on any atom is 0.252 e. The van der Waals surface area contributed by atoms with E-state index in [0.717, 1.165) is 4.88 Å². The van der Waals surface area contributed by atoms with Gasteiger partial charge in [-0.05, 0) is 38.3 Å². The molecular weight excluding hydrogens is 324 g/mol.